The first-order valence-electron chi connectivity index (χ1n) is 7.24. The smallest absolute Gasteiger partial charge is 0.354 e. The number of amides is 1. The molecule has 124 valence electrons. The lowest BCUT2D eigenvalue weighted by Crippen LogP contribution is -2.26. The molecule has 0 saturated carbocycles. The maximum atomic E-state index is 13.0. The second-order valence-electron chi connectivity index (χ2n) is 5.24. The highest BCUT2D eigenvalue weighted by Gasteiger charge is 2.25. The maximum Gasteiger partial charge on any atom is 0.354 e. The number of hydrogen-bond donors (Lipinski definition) is 1. The van der Waals surface area contributed by atoms with Crippen LogP contribution in [0.1, 0.15) is 23.5 Å². The standard InChI is InChI=1S/C17H15FN2O3S/c1-10(15(21)19-13-5-3-12(18)4-6-13)20-14(17(22)23-2)9-11-7-8-24-16(11)20/h3-10H,1-2H3,(H,19,21)/t10-/m0/s1. The number of thiophene rings is 1. The fraction of sp³-hybridized carbons (Fsp3) is 0.176. The minimum atomic E-state index is -0.639. The lowest BCUT2D eigenvalue weighted by molar-refractivity contribution is -0.118. The van der Waals surface area contributed by atoms with Gasteiger partial charge in [0.15, 0.2) is 0 Å². The molecule has 2 heterocycles. The van der Waals surface area contributed by atoms with E-state index < -0.39 is 12.0 Å². The van der Waals surface area contributed by atoms with Gasteiger partial charge in [0.25, 0.3) is 0 Å². The highest BCUT2D eigenvalue weighted by Crippen LogP contribution is 2.29. The number of anilines is 1. The van der Waals surface area contributed by atoms with Crippen LogP contribution in [0, 0.1) is 5.82 Å². The number of halogens is 1. The van der Waals surface area contributed by atoms with Crippen molar-refractivity contribution in [1.82, 2.24) is 4.57 Å². The van der Waals surface area contributed by atoms with Gasteiger partial charge in [-0.25, -0.2) is 9.18 Å². The monoisotopic (exact) mass is 346 g/mol. The number of carbonyl (C=O) groups excluding carboxylic acids is 2. The zero-order valence-electron chi connectivity index (χ0n) is 13.1. The van der Waals surface area contributed by atoms with Gasteiger partial charge in [-0.1, -0.05) is 0 Å². The largest absolute Gasteiger partial charge is 0.464 e. The van der Waals surface area contributed by atoms with Crippen LogP contribution >= 0.6 is 11.3 Å². The van der Waals surface area contributed by atoms with Crippen LogP contribution in [0.25, 0.3) is 10.2 Å². The van der Waals surface area contributed by atoms with Crippen molar-refractivity contribution in [2.45, 2.75) is 13.0 Å². The SMILES string of the molecule is COC(=O)c1cc2ccsc2n1[C@@H](C)C(=O)Nc1ccc(F)cc1. The molecule has 2 aromatic heterocycles. The van der Waals surface area contributed by atoms with Crippen molar-refractivity contribution in [2.24, 2.45) is 0 Å². The summed E-state index contributed by atoms with van der Waals surface area (Å²) in [4.78, 5) is 25.4. The van der Waals surface area contributed by atoms with E-state index >= 15 is 0 Å². The number of carbonyl (C=O) groups is 2. The molecule has 0 bridgehead atoms. The van der Waals surface area contributed by atoms with Gasteiger partial charge < -0.3 is 14.6 Å². The molecule has 0 saturated heterocycles. The number of aromatic nitrogens is 1. The fourth-order valence-corrected chi connectivity index (χ4v) is 3.46. The van der Waals surface area contributed by atoms with Crippen molar-refractivity contribution < 1.29 is 18.7 Å². The molecule has 0 spiro atoms. The Morgan fingerprint density at radius 2 is 1.96 bits per heavy atom. The fourth-order valence-electron chi connectivity index (χ4n) is 2.49. The average molecular weight is 346 g/mol. The number of benzene rings is 1. The molecule has 0 unspecified atom stereocenters. The zero-order valence-corrected chi connectivity index (χ0v) is 13.9. The molecule has 1 amide bonds. The van der Waals surface area contributed by atoms with E-state index in [1.54, 1.807) is 17.6 Å². The Balaban J connectivity index is 1.93. The van der Waals surface area contributed by atoms with Gasteiger partial charge in [0.2, 0.25) is 5.91 Å². The third kappa shape index (κ3) is 2.90. The Morgan fingerprint density at radius 3 is 2.62 bits per heavy atom. The third-order valence-electron chi connectivity index (χ3n) is 3.72. The van der Waals surface area contributed by atoms with E-state index in [1.165, 1.54) is 42.7 Å². The summed E-state index contributed by atoms with van der Waals surface area (Å²) in [7, 11) is 1.30. The molecule has 1 aromatic carbocycles. The molecule has 1 atom stereocenters. The van der Waals surface area contributed by atoms with E-state index in [9.17, 15) is 14.0 Å². The van der Waals surface area contributed by atoms with Gasteiger partial charge in [0.1, 0.15) is 22.4 Å². The van der Waals surface area contributed by atoms with Gasteiger partial charge in [0.05, 0.1) is 7.11 Å². The second-order valence-corrected chi connectivity index (χ2v) is 6.14. The molecular formula is C17H15FN2O3S. The number of nitrogens with one attached hydrogen (secondary N) is 1. The third-order valence-corrected chi connectivity index (χ3v) is 4.65. The molecule has 7 heteroatoms. The summed E-state index contributed by atoms with van der Waals surface area (Å²) < 4.78 is 19.4. The van der Waals surface area contributed by atoms with Crippen LogP contribution in [0.4, 0.5) is 10.1 Å². The minimum Gasteiger partial charge on any atom is -0.464 e. The molecule has 3 rings (SSSR count). The van der Waals surface area contributed by atoms with Crippen LogP contribution in [-0.4, -0.2) is 23.6 Å². The molecule has 1 N–H and O–H groups in total. The molecule has 24 heavy (non-hydrogen) atoms. The first-order valence-corrected chi connectivity index (χ1v) is 8.12. The summed E-state index contributed by atoms with van der Waals surface area (Å²) in [5.41, 5.74) is 0.809. The Kier molecular flexibility index (Phi) is 4.35. The lowest BCUT2D eigenvalue weighted by atomic mass is 10.2. The number of methoxy groups -OCH3 is 1. The number of nitrogens with zero attached hydrogens (tertiary/aromatic N) is 1. The summed E-state index contributed by atoms with van der Waals surface area (Å²) in [6, 6.07) is 8.46. The van der Waals surface area contributed by atoms with Crippen molar-refractivity contribution in [3.05, 3.63) is 53.3 Å². The van der Waals surface area contributed by atoms with Crippen molar-refractivity contribution in [3.63, 3.8) is 0 Å². The van der Waals surface area contributed by atoms with E-state index in [1.807, 2.05) is 11.4 Å². The van der Waals surface area contributed by atoms with Crippen LogP contribution in [0.5, 0.6) is 0 Å². The molecule has 0 aliphatic carbocycles. The molecular weight excluding hydrogens is 331 g/mol. The van der Waals surface area contributed by atoms with Gasteiger partial charge in [-0.15, -0.1) is 11.3 Å². The summed E-state index contributed by atoms with van der Waals surface area (Å²) in [6.07, 6.45) is 0. The van der Waals surface area contributed by atoms with Crippen LogP contribution in [0.2, 0.25) is 0 Å². The predicted octanol–water partition coefficient (Wildman–Crippen LogP) is 3.83. The summed E-state index contributed by atoms with van der Waals surface area (Å²) in [6.45, 7) is 1.70. The minimum absolute atomic E-state index is 0.308. The van der Waals surface area contributed by atoms with E-state index in [0.29, 0.717) is 11.4 Å². The van der Waals surface area contributed by atoms with Crippen molar-refractivity contribution >= 4 is 39.1 Å². The first-order chi connectivity index (χ1) is 11.5. The first kappa shape index (κ1) is 16.2. The van der Waals surface area contributed by atoms with Crippen LogP contribution < -0.4 is 5.32 Å². The van der Waals surface area contributed by atoms with E-state index in [0.717, 1.165) is 10.2 Å². The molecule has 5 nitrogen and oxygen atoms in total. The number of fused-ring (bicyclic) bond motifs is 1. The van der Waals surface area contributed by atoms with Gasteiger partial charge in [0, 0.05) is 11.1 Å². The zero-order chi connectivity index (χ0) is 17.3. The normalized spacial score (nSPS) is 12.1. The molecule has 0 radical (unpaired) electrons. The number of ether oxygens (including phenoxy) is 1. The summed E-state index contributed by atoms with van der Waals surface area (Å²) >= 11 is 1.44. The Bertz CT molecular complexity index is 898. The number of esters is 1. The number of hydrogen-bond acceptors (Lipinski definition) is 4. The highest BCUT2D eigenvalue weighted by molar-refractivity contribution is 7.16. The van der Waals surface area contributed by atoms with Crippen molar-refractivity contribution in [3.8, 4) is 0 Å². The maximum absolute atomic E-state index is 13.0. The Morgan fingerprint density at radius 1 is 1.25 bits per heavy atom. The molecule has 0 aliphatic rings. The van der Waals surface area contributed by atoms with Crippen molar-refractivity contribution in [1.29, 1.82) is 0 Å². The van der Waals surface area contributed by atoms with Gasteiger partial charge in [-0.05, 0) is 48.7 Å². The summed E-state index contributed by atoms with van der Waals surface area (Å²) in [5.74, 6) is -1.18. The van der Waals surface area contributed by atoms with Gasteiger partial charge >= 0.3 is 5.97 Å². The second kappa shape index (κ2) is 6.45. The van der Waals surface area contributed by atoms with Crippen LogP contribution in [0.3, 0.4) is 0 Å². The molecule has 3 aromatic rings. The molecule has 0 fully saturated rings. The topological polar surface area (TPSA) is 60.3 Å². The number of rotatable bonds is 4. The van der Waals surface area contributed by atoms with Crippen molar-refractivity contribution in [2.75, 3.05) is 12.4 Å². The quantitative estimate of drug-likeness (QED) is 0.731. The van der Waals surface area contributed by atoms with E-state index in [-0.39, 0.29) is 11.7 Å². The molecule has 0 aliphatic heterocycles. The summed E-state index contributed by atoms with van der Waals surface area (Å²) in [5, 5.41) is 5.50. The predicted molar refractivity (Wildman–Crippen MR) is 90.9 cm³/mol. The average Bonchev–Trinajstić information content (AvgIpc) is 3.16. The highest BCUT2D eigenvalue weighted by atomic mass is 32.1. The van der Waals surface area contributed by atoms with E-state index in [2.05, 4.69) is 5.32 Å². The Hall–Kier alpha value is -2.67. The lowest BCUT2D eigenvalue weighted by Gasteiger charge is -2.17. The van der Waals surface area contributed by atoms with Gasteiger partial charge in [-0.2, -0.15) is 0 Å². The van der Waals surface area contributed by atoms with Crippen LogP contribution in [0.15, 0.2) is 41.8 Å². The van der Waals surface area contributed by atoms with E-state index in [4.69, 9.17) is 4.74 Å². The van der Waals surface area contributed by atoms with Crippen LogP contribution in [-0.2, 0) is 9.53 Å². The van der Waals surface area contributed by atoms with Gasteiger partial charge in [-0.3, -0.25) is 4.79 Å². The Labute approximate surface area is 141 Å².